The van der Waals surface area contributed by atoms with Gasteiger partial charge in [0.15, 0.2) is 0 Å². The molecule has 0 radical (unpaired) electrons. The Balaban J connectivity index is 1.05. The van der Waals surface area contributed by atoms with Crippen LogP contribution in [0.2, 0.25) is 0 Å². The van der Waals surface area contributed by atoms with Gasteiger partial charge in [-0.05, 0) is 125 Å². The van der Waals surface area contributed by atoms with Gasteiger partial charge in [-0.3, -0.25) is 9.59 Å². The Labute approximate surface area is 214 Å². The quantitative estimate of drug-likeness (QED) is 0.587. The molecule has 0 aromatic heterocycles. The van der Waals surface area contributed by atoms with E-state index in [1.807, 2.05) is 24.3 Å². The number of nitrogens with one attached hydrogen (secondary N) is 2. The van der Waals surface area contributed by atoms with E-state index in [4.69, 9.17) is 0 Å². The van der Waals surface area contributed by atoms with Crippen molar-refractivity contribution in [2.45, 2.75) is 51.0 Å². The molecule has 190 valence electrons. The van der Waals surface area contributed by atoms with Crippen molar-refractivity contribution in [3.8, 4) is 0 Å². The Morgan fingerprint density at radius 1 is 0.833 bits per heavy atom. The molecule has 1 saturated heterocycles. The number of rotatable bonds is 6. The lowest BCUT2D eigenvalue weighted by atomic mass is 9.49. The topological polar surface area (TPSA) is 64.7 Å². The van der Waals surface area contributed by atoms with Gasteiger partial charge in [-0.25, -0.2) is 0 Å². The van der Waals surface area contributed by atoms with Crippen molar-refractivity contribution in [2.75, 3.05) is 42.7 Å². The maximum Gasteiger partial charge on any atom is 0.255 e. The molecule has 4 saturated carbocycles. The SMILES string of the molecule is CN(C)C1CCN(c2ccc(NC(=O)c3ccc(NC(=O)C45CC6CC(CC(C6)C4)C5)cc3)cc2)C1. The standard InChI is InChI=1S/C30H38N4O2/c1-33(2)27-11-12-34(19-27)26-9-7-24(8-10-26)31-28(35)23-3-5-25(6-4-23)32-29(36)30-16-20-13-21(17-30)15-22(14-20)18-30/h3-10,20-22,27H,11-19H2,1-2H3,(H,31,35)(H,32,36). The van der Waals surface area contributed by atoms with Gasteiger partial charge >= 0.3 is 0 Å². The fourth-order valence-electron chi connectivity index (χ4n) is 7.71. The van der Waals surface area contributed by atoms with Gasteiger partial charge < -0.3 is 20.4 Å². The molecule has 4 aliphatic carbocycles. The van der Waals surface area contributed by atoms with E-state index in [-0.39, 0.29) is 17.2 Å². The highest BCUT2D eigenvalue weighted by molar-refractivity contribution is 6.05. The first-order valence-corrected chi connectivity index (χ1v) is 13.6. The summed E-state index contributed by atoms with van der Waals surface area (Å²) < 4.78 is 0. The van der Waals surface area contributed by atoms with Crippen LogP contribution in [0.3, 0.4) is 0 Å². The summed E-state index contributed by atoms with van der Waals surface area (Å²) in [6.07, 6.45) is 8.31. The first-order chi connectivity index (χ1) is 17.4. The van der Waals surface area contributed by atoms with Crippen molar-refractivity contribution in [3.05, 3.63) is 54.1 Å². The lowest BCUT2D eigenvalue weighted by Gasteiger charge is -2.55. The van der Waals surface area contributed by atoms with Crippen molar-refractivity contribution < 1.29 is 9.59 Å². The van der Waals surface area contributed by atoms with Gasteiger partial charge in [0.1, 0.15) is 0 Å². The van der Waals surface area contributed by atoms with E-state index >= 15 is 0 Å². The Hall–Kier alpha value is -2.86. The molecule has 2 amide bonds. The van der Waals surface area contributed by atoms with Crippen LogP contribution in [0.15, 0.2) is 48.5 Å². The van der Waals surface area contributed by atoms with Crippen LogP contribution in [0.25, 0.3) is 0 Å². The summed E-state index contributed by atoms with van der Waals surface area (Å²) in [5.74, 6) is 2.27. The Morgan fingerprint density at radius 3 is 1.94 bits per heavy atom. The minimum absolute atomic E-state index is 0.143. The molecule has 2 aromatic carbocycles. The summed E-state index contributed by atoms with van der Waals surface area (Å²) in [5, 5.41) is 6.18. The van der Waals surface area contributed by atoms with Gasteiger partial charge in [-0.2, -0.15) is 0 Å². The second-order valence-corrected chi connectivity index (χ2v) is 12.1. The molecule has 4 bridgehead atoms. The second kappa shape index (κ2) is 9.22. The molecule has 2 aromatic rings. The first kappa shape index (κ1) is 23.5. The van der Waals surface area contributed by atoms with E-state index in [0.29, 0.717) is 11.6 Å². The normalized spacial score (nSPS) is 30.6. The third-order valence-corrected chi connectivity index (χ3v) is 9.31. The molecule has 36 heavy (non-hydrogen) atoms. The van der Waals surface area contributed by atoms with Crippen molar-refractivity contribution >= 4 is 28.9 Å². The third kappa shape index (κ3) is 4.52. The highest BCUT2D eigenvalue weighted by Crippen LogP contribution is 2.60. The van der Waals surface area contributed by atoms with Gasteiger partial charge in [-0.15, -0.1) is 0 Å². The third-order valence-electron chi connectivity index (χ3n) is 9.31. The first-order valence-electron chi connectivity index (χ1n) is 13.6. The zero-order valence-electron chi connectivity index (χ0n) is 21.5. The number of carbonyl (C=O) groups excluding carboxylic acids is 2. The van der Waals surface area contributed by atoms with Gasteiger partial charge in [0.2, 0.25) is 5.91 Å². The van der Waals surface area contributed by atoms with E-state index in [2.05, 4.69) is 46.7 Å². The molecule has 1 unspecified atom stereocenters. The van der Waals surface area contributed by atoms with E-state index in [1.165, 1.54) is 31.4 Å². The molecule has 6 nitrogen and oxygen atoms in total. The smallest absolute Gasteiger partial charge is 0.255 e. The number of hydrogen-bond acceptors (Lipinski definition) is 4. The molecule has 1 heterocycles. The highest BCUT2D eigenvalue weighted by Gasteiger charge is 2.54. The van der Waals surface area contributed by atoms with Crippen LogP contribution in [0.5, 0.6) is 0 Å². The van der Waals surface area contributed by atoms with Crippen molar-refractivity contribution in [1.29, 1.82) is 0 Å². The van der Waals surface area contributed by atoms with E-state index in [1.54, 1.807) is 12.1 Å². The van der Waals surface area contributed by atoms with Crippen molar-refractivity contribution in [3.63, 3.8) is 0 Å². The summed E-state index contributed by atoms with van der Waals surface area (Å²) in [6.45, 7) is 2.09. The van der Waals surface area contributed by atoms with Gasteiger partial charge in [0.25, 0.3) is 5.91 Å². The predicted molar refractivity (Wildman–Crippen MR) is 144 cm³/mol. The van der Waals surface area contributed by atoms with Crippen LogP contribution >= 0.6 is 0 Å². The Kier molecular flexibility index (Phi) is 6.03. The number of benzene rings is 2. The summed E-state index contributed by atoms with van der Waals surface area (Å²) in [6, 6.07) is 16.0. The average Bonchev–Trinajstić information content (AvgIpc) is 3.35. The molecule has 2 N–H and O–H groups in total. The highest BCUT2D eigenvalue weighted by atomic mass is 16.2. The van der Waals surface area contributed by atoms with Crippen molar-refractivity contribution in [1.82, 2.24) is 4.90 Å². The Bertz CT molecular complexity index is 1090. The van der Waals surface area contributed by atoms with Crippen LogP contribution in [-0.4, -0.2) is 49.9 Å². The molecule has 6 heteroatoms. The number of carbonyl (C=O) groups is 2. The lowest BCUT2D eigenvalue weighted by Crippen LogP contribution is -2.51. The molecule has 0 spiro atoms. The lowest BCUT2D eigenvalue weighted by molar-refractivity contribution is -0.140. The Morgan fingerprint density at radius 2 is 1.39 bits per heavy atom. The summed E-state index contributed by atoms with van der Waals surface area (Å²) in [4.78, 5) is 30.8. The van der Waals surface area contributed by atoms with Crippen LogP contribution in [0.1, 0.15) is 55.3 Å². The molecule has 5 aliphatic rings. The number of likely N-dealkylation sites (N-methyl/N-ethyl adjacent to an activating group) is 1. The van der Waals surface area contributed by atoms with E-state index in [0.717, 1.165) is 61.5 Å². The summed E-state index contributed by atoms with van der Waals surface area (Å²) in [7, 11) is 4.27. The predicted octanol–water partition coefficient (Wildman–Crippen LogP) is 5.23. The average molecular weight is 487 g/mol. The molecule has 1 atom stereocenters. The summed E-state index contributed by atoms with van der Waals surface area (Å²) >= 11 is 0. The second-order valence-electron chi connectivity index (χ2n) is 12.1. The fourth-order valence-corrected chi connectivity index (χ4v) is 7.71. The van der Waals surface area contributed by atoms with Crippen LogP contribution in [0.4, 0.5) is 17.1 Å². The minimum atomic E-state index is -0.167. The largest absolute Gasteiger partial charge is 0.370 e. The van der Waals surface area contributed by atoms with E-state index in [9.17, 15) is 9.59 Å². The van der Waals surface area contributed by atoms with Crippen molar-refractivity contribution in [2.24, 2.45) is 23.2 Å². The van der Waals surface area contributed by atoms with Gasteiger partial charge in [-0.1, -0.05) is 0 Å². The molecule has 1 aliphatic heterocycles. The van der Waals surface area contributed by atoms with Crippen LogP contribution in [-0.2, 0) is 4.79 Å². The van der Waals surface area contributed by atoms with Crippen LogP contribution < -0.4 is 15.5 Å². The monoisotopic (exact) mass is 486 g/mol. The fraction of sp³-hybridized carbons (Fsp3) is 0.533. The molecular formula is C30H38N4O2. The zero-order valence-corrected chi connectivity index (χ0v) is 21.5. The van der Waals surface area contributed by atoms with Gasteiger partial charge in [0.05, 0.1) is 5.41 Å². The number of hydrogen-bond donors (Lipinski definition) is 2. The number of nitrogens with zero attached hydrogens (tertiary/aromatic N) is 2. The minimum Gasteiger partial charge on any atom is -0.370 e. The molecule has 7 rings (SSSR count). The van der Waals surface area contributed by atoms with E-state index < -0.39 is 0 Å². The number of anilines is 3. The maximum atomic E-state index is 13.3. The van der Waals surface area contributed by atoms with Gasteiger partial charge in [0, 0.05) is 41.8 Å². The molecular weight excluding hydrogens is 448 g/mol. The number of amides is 2. The zero-order chi connectivity index (χ0) is 24.9. The summed E-state index contributed by atoms with van der Waals surface area (Å²) in [5.41, 5.74) is 3.17. The van der Waals surface area contributed by atoms with Crippen LogP contribution in [0, 0.1) is 23.2 Å². The maximum absolute atomic E-state index is 13.3. The molecule has 5 fully saturated rings.